The van der Waals surface area contributed by atoms with E-state index >= 15 is 0 Å². The first-order valence-corrected chi connectivity index (χ1v) is 11.8. The lowest BCUT2D eigenvalue weighted by Crippen LogP contribution is -2.34. The quantitative estimate of drug-likeness (QED) is 0.287. The minimum atomic E-state index is -1.09. The Hall–Kier alpha value is -4.59. The van der Waals surface area contributed by atoms with Crippen molar-refractivity contribution < 1.29 is 24.2 Å². The van der Waals surface area contributed by atoms with Gasteiger partial charge in [0.2, 0.25) is 5.91 Å². The number of fused-ring (bicyclic) bond motifs is 1. The van der Waals surface area contributed by atoms with Crippen molar-refractivity contribution in [3.8, 4) is 22.9 Å². The number of ether oxygens (including phenoxy) is 2. The van der Waals surface area contributed by atoms with E-state index in [-0.39, 0.29) is 24.5 Å². The summed E-state index contributed by atoms with van der Waals surface area (Å²) in [4.78, 5) is 40.7. The van der Waals surface area contributed by atoms with Gasteiger partial charge in [-0.2, -0.15) is 5.26 Å². The predicted octanol–water partition coefficient (Wildman–Crippen LogP) is 4.44. The van der Waals surface area contributed by atoms with E-state index in [0.29, 0.717) is 38.3 Å². The van der Waals surface area contributed by atoms with Crippen LogP contribution in [0.2, 0.25) is 5.02 Å². The lowest BCUT2D eigenvalue weighted by Gasteiger charge is -2.21. The maximum absolute atomic E-state index is 13.4. The van der Waals surface area contributed by atoms with Gasteiger partial charge in [-0.05, 0) is 36.4 Å². The molecule has 0 aliphatic carbocycles. The monoisotopic (exact) mass is 534 g/mol. The van der Waals surface area contributed by atoms with Gasteiger partial charge in [0.15, 0.2) is 0 Å². The van der Waals surface area contributed by atoms with Gasteiger partial charge >= 0.3 is 5.97 Å². The Bertz CT molecular complexity index is 1640. The van der Waals surface area contributed by atoms with Crippen LogP contribution in [0.15, 0.2) is 59.5 Å². The summed E-state index contributed by atoms with van der Waals surface area (Å²) in [7, 11) is 2.91. The maximum Gasteiger partial charge on any atom is 0.352 e. The number of hydrogen-bond donors (Lipinski definition) is 3. The first-order valence-electron chi connectivity index (χ1n) is 11.4. The number of aromatic nitrogens is 2. The van der Waals surface area contributed by atoms with Gasteiger partial charge in [0.1, 0.15) is 17.5 Å². The van der Waals surface area contributed by atoms with Crippen LogP contribution in [0.3, 0.4) is 0 Å². The molecule has 1 unspecified atom stereocenters. The lowest BCUT2D eigenvalue weighted by atomic mass is 10.00. The molecule has 2 heterocycles. The number of carboxylic acid groups (broad SMARTS) is 1. The molecule has 4 aromatic rings. The molecule has 1 amide bonds. The summed E-state index contributed by atoms with van der Waals surface area (Å²) >= 11 is 6.14. The Balaban J connectivity index is 1.72. The number of pyridine rings is 1. The fourth-order valence-electron chi connectivity index (χ4n) is 4.15. The number of hydrogen-bond acceptors (Lipinski definition) is 6. The summed E-state index contributed by atoms with van der Waals surface area (Å²) in [6.07, 6.45) is 1.60. The Kier molecular flexibility index (Phi) is 7.81. The molecule has 0 radical (unpaired) electrons. The number of aromatic carboxylic acids is 1. The number of aromatic amines is 1. The molecular weight excluding hydrogens is 512 g/mol. The normalized spacial score (nSPS) is 11.6. The van der Waals surface area contributed by atoms with Crippen LogP contribution < -0.4 is 15.6 Å². The molecule has 10 nitrogen and oxygen atoms in total. The molecule has 0 fully saturated rings. The molecular formula is C27H23ClN4O6. The van der Waals surface area contributed by atoms with Crippen LogP contribution in [0.5, 0.6) is 5.75 Å². The first-order chi connectivity index (χ1) is 18.2. The number of carbonyl (C=O) groups excluding carboxylic acids is 1. The first kappa shape index (κ1) is 26.5. The number of nitrogens with zero attached hydrogens (tertiary/aromatic N) is 2. The van der Waals surface area contributed by atoms with Crippen LogP contribution in [-0.4, -0.2) is 47.4 Å². The summed E-state index contributed by atoms with van der Waals surface area (Å²) < 4.78 is 12.0. The van der Waals surface area contributed by atoms with Gasteiger partial charge in [0.05, 0.1) is 24.9 Å². The van der Waals surface area contributed by atoms with E-state index in [9.17, 15) is 24.8 Å². The zero-order chi connectivity index (χ0) is 27.4. The molecule has 4 rings (SSSR count). The highest BCUT2D eigenvalue weighted by atomic mass is 35.5. The number of anilines is 1. The summed E-state index contributed by atoms with van der Waals surface area (Å²) in [6, 6.07) is 13.6. The van der Waals surface area contributed by atoms with E-state index in [2.05, 4.69) is 16.4 Å². The smallest absolute Gasteiger partial charge is 0.352 e. The van der Waals surface area contributed by atoms with Crippen LogP contribution >= 0.6 is 11.6 Å². The van der Waals surface area contributed by atoms with Crippen molar-refractivity contribution >= 4 is 40.1 Å². The van der Waals surface area contributed by atoms with Crippen LogP contribution in [0.1, 0.15) is 28.5 Å². The molecule has 0 saturated heterocycles. The van der Waals surface area contributed by atoms with Crippen molar-refractivity contribution in [2.75, 3.05) is 26.1 Å². The van der Waals surface area contributed by atoms with Crippen molar-refractivity contribution in [2.45, 2.75) is 12.5 Å². The Morgan fingerprint density at radius 3 is 2.63 bits per heavy atom. The van der Waals surface area contributed by atoms with Crippen molar-refractivity contribution in [2.24, 2.45) is 0 Å². The lowest BCUT2D eigenvalue weighted by molar-refractivity contribution is -0.119. The number of carbonyl (C=O) groups is 2. The molecule has 1 atom stereocenters. The van der Waals surface area contributed by atoms with Crippen LogP contribution in [0.4, 0.5) is 5.69 Å². The SMILES string of the molecule is COCCC(C(=O)Nc1ccc2cc(C(=O)O)[nH]c2c1)n1cc(OC)c(-c2cc(Cl)ccc2C#N)cc1=O. The van der Waals surface area contributed by atoms with Crippen LogP contribution in [0, 0.1) is 11.3 Å². The second kappa shape index (κ2) is 11.2. The fraction of sp³-hybridized carbons (Fsp3) is 0.185. The highest BCUT2D eigenvalue weighted by molar-refractivity contribution is 6.31. The van der Waals surface area contributed by atoms with Gasteiger partial charge in [-0.15, -0.1) is 0 Å². The third-order valence-corrected chi connectivity index (χ3v) is 6.25. The minimum Gasteiger partial charge on any atom is -0.495 e. The number of methoxy groups -OCH3 is 2. The molecule has 0 aliphatic heterocycles. The van der Waals surface area contributed by atoms with Crippen molar-refractivity contribution in [3.63, 3.8) is 0 Å². The van der Waals surface area contributed by atoms with E-state index in [0.717, 1.165) is 0 Å². The van der Waals surface area contributed by atoms with Crippen molar-refractivity contribution in [1.29, 1.82) is 5.26 Å². The van der Waals surface area contributed by atoms with Gasteiger partial charge < -0.3 is 24.9 Å². The zero-order valence-corrected chi connectivity index (χ0v) is 21.2. The average molecular weight is 535 g/mol. The number of carboxylic acids is 1. The van der Waals surface area contributed by atoms with E-state index in [1.807, 2.05) is 0 Å². The van der Waals surface area contributed by atoms with Crippen molar-refractivity contribution in [3.05, 3.63) is 81.4 Å². The van der Waals surface area contributed by atoms with E-state index < -0.39 is 23.5 Å². The molecule has 0 aliphatic rings. The summed E-state index contributed by atoms with van der Waals surface area (Å²) in [5.41, 5.74) is 1.59. The molecule has 2 aromatic heterocycles. The molecule has 0 saturated carbocycles. The number of rotatable bonds is 9. The molecule has 38 heavy (non-hydrogen) atoms. The number of amides is 1. The Labute approximate surface area is 222 Å². The number of nitrogens with one attached hydrogen (secondary N) is 2. The Morgan fingerprint density at radius 2 is 1.95 bits per heavy atom. The topological polar surface area (TPSA) is 146 Å². The van der Waals surface area contributed by atoms with Crippen molar-refractivity contribution in [1.82, 2.24) is 9.55 Å². The van der Waals surface area contributed by atoms with Crippen LogP contribution in [0.25, 0.3) is 22.0 Å². The number of H-pyrrole nitrogens is 1. The van der Waals surface area contributed by atoms with Crippen LogP contribution in [-0.2, 0) is 9.53 Å². The molecule has 3 N–H and O–H groups in total. The molecule has 11 heteroatoms. The molecule has 2 aromatic carbocycles. The van der Waals surface area contributed by atoms with Gasteiger partial charge in [0.25, 0.3) is 5.56 Å². The third kappa shape index (κ3) is 5.39. The summed E-state index contributed by atoms with van der Waals surface area (Å²) in [5, 5.41) is 22.6. The summed E-state index contributed by atoms with van der Waals surface area (Å²) in [6.45, 7) is 0.194. The molecule has 194 valence electrons. The molecule has 0 bridgehead atoms. The van der Waals surface area contributed by atoms with Gasteiger partial charge in [-0.1, -0.05) is 17.7 Å². The number of nitriles is 1. The fourth-order valence-corrected chi connectivity index (χ4v) is 4.33. The average Bonchev–Trinajstić information content (AvgIpc) is 3.33. The van der Waals surface area contributed by atoms with E-state index in [1.165, 1.54) is 37.1 Å². The highest BCUT2D eigenvalue weighted by Gasteiger charge is 2.24. The third-order valence-electron chi connectivity index (χ3n) is 6.01. The standard InChI is InChI=1S/C27H23ClN4O6/c1-37-8-7-23(26(34)30-18-6-4-15-9-22(27(35)36)31-21(15)11-18)32-14-24(38-2)20(12-25(32)33)19-10-17(28)5-3-16(19)13-29/h3-6,9-12,14,23,31H,7-8H2,1-2H3,(H,30,34)(H,35,36). The second-order valence-electron chi connectivity index (χ2n) is 8.38. The zero-order valence-electron chi connectivity index (χ0n) is 20.4. The van der Waals surface area contributed by atoms with Gasteiger partial charge in [0, 0.05) is 58.9 Å². The Morgan fingerprint density at radius 1 is 1.16 bits per heavy atom. The number of halogens is 1. The second-order valence-corrected chi connectivity index (χ2v) is 8.82. The highest BCUT2D eigenvalue weighted by Crippen LogP contribution is 2.33. The predicted molar refractivity (Wildman–Crippen MR) is 142 cm³/mol. The van der Waals surface area contributed by atoms with Gasteiger partial charge in [-0.25, -0.2) is 4.79 Å². The van der Waals surface area contributed by atoms with Gasteiger partial charge in [-0.3, -0.25) is 14.2 Å². The maximum atomic E-state index is 13.4. The number of benzene rings is 2. The summed E-state index contributed by atoms with van der Waals surface area (Å²) in [5.74, 6) is -1.31. The molecule has 0 spiro atoms. The minimum absolute atomic E-state index is 0.0273. The van der Waals surface area contributed by atoms with E-state index in [4.69, 9.17) is 21.1 Å². The van der Waals surface area contributed by atoms with E-state index in [1.54, 1.807) is 36.4 Å². The largest absolute Gasteiger partial charge is 0.495 e.